The fourth-order valence-corrected chi connectivity index (χ4v) is 1.37. The van der Waals surface area contributed by atoms with Gasteiger partial charge in [-0.3, -0.25) is 9.59 Å². The number of carbonyl (C=O) groups is 2. The summed E-state index contributed by atoms with van der Waals surface area (Å²) in [7, 11) is 0. The Hall–Kier alpha value is -2.69. The van der Waals surface area contributed by atoms with E-state index < -0.39 is 31.1 Å². The van der Waals surface area contributed by atoms with Gasteiger partial charge >= 0.3 is 12.6 Å². The third-order valence-corrected chi connectivity index (χ3v) is 2.23. The van der Waals surface area contributed by atoms with Crippen molar-refractivity contribution in [3.63, 3.8) is 0 Å². The van der Waals surface area contributed by atoms with Crippen molar-refractivity contribution in [1.29, 1.82) is 5.26 Å². The average molecular weight is 298 g/mol. The van der Waals surface area contributed by atoms with Gasteiger partial charge in [-0.2, -0.15) is 14.0 Å². The molecule has 6 nitrogen and oxygen atoms in total. The highest BCUT2D eigenvalue weighted by Crippen LogP contribution is 2.19. The first-order valence-corrected chi connectivity index (χ1v) is 5.85. The Kier molecular flexibility index (Phi) is 6.07. The second-order valence-corrected chi connectivity index (χ2v) is 3.82. The zero-order valence-corrected chi connectivity index (χ0v) is 11.0. The summed E-state index contributed by atoms with van der Waals surface area (Å²) < 4.78 is 33.2. The maximum absolute atomic E-state index is 12.2. The Morgan fingerprint density at radius 1 is 1.38 bits per heavy atom. The number of hydrogen-bond acceptors (Lipinski definition) is 5. The van der Waals surface area contributed by atoms with Crippen molar-refractivity contribution in [3.05, 3.63) is 29.8 Å². The van der Waals surface area contributed by atoms with Crippen molar-refractivity contribution in [3.8, 4) is 11.8 Å². The van der Waals surface area contributed by atoms with Crippen molar-refractivity contribution >= 4 is 11.9 Å². The molecule has 0 spiro atoms. The molecule has 1 aromatic carbocycles. The number of hydrogen-bond donors (Lipinski definition) is 1. The summed E-state index contributed by atoms with van der Waals surface area (Å²) in [4.78, 5) is 23.1. The first-order valence-electron chi connectivity index (χ1n) is 5.85. The number of alkyl halides is 2. The van der Waals surface area contributed by atoms with Crippen molar-refractivity contribution in [2.45, 2.75) is 19.6 Å². The van der Waals surface area contributed by atoms with E-state index in [0.717, 1.165) is 0 Å². The van der Waals surface area contributed by atoms with Crippen LogP contribution in [0.3, 0.4) is 0 Å². The number of esters is 1. The summed E-state index contributed by atoms with van der Waals surface area (Å²) in [6.07, 6.45) is -0.941. The van der Waals surface area contributed by atoms with Crippen LogP contribution in [0, 0.1) is 11.3 Å². The maximum atomic E-state index is 12.2. The molecular formula is C13H12F2N2O4. The van der Waals surface area contributed by atoms with E-state index in [0.29, 0.717) is 0 Å². The van der Waals surface area contributed by atoms with Crippen LogP contribution in [0.15, 0.2) is 24.3 Å². The molecule has 0 bridgehead atoms. The number of halogens is 2. The van der Waals surface area contributed by atoms with Gasteiger partial charge in [-0.15, -0.1) is 0 Å². The highest BCUT2D eigenvalue weighted by Gasteiger charge is 2.16. The summed E-state index contributed by atoms with van der Waals surface area (Å²) in [5, 5.41) is 10.7. The number of carbonyl (C=O) groups excluding carboxylic acids is 2. The van der Waals surface area contributed by atoms with Crippen LogP contribution < -0.4 is 10.1 Å². The van der Waals surface area contributed by atoms with Crippen molar-refractivity contribution < 1.29 is 27.8 Å². The molecule has 0 saturated heterocycles. The van der Waals surface area contributed by atoms with E-state index in [9.17, 15) is 18.4 Å². The lowest BCUT2D eigenvalue weighted by Crippen LogP contribution is -2.32. The Morgan fingerprint density at radius 3 is 2.67 bits per heavy atom. The molecule has 1 atom stereocenters. The zero-order chi connectivity index (χ0) is 15.8. The zero-order valence-electron chi connectivity index (χ0n) is 11.0. The minimum atomic E-state index is -3.07. The van der Waals surface area contributed by atoms with Crippen LogP contribution >= 0.6 is 0 Å². The van der Waals surface area contributed by atoms with Gasteiger partial charge in [0.25, 0.3) is 5.91 Å². The summed E-state index contributed by atoms with van der Waals surface area (Å²) in [6.45, 7) is -2.19. The standard InChI is InChI=1S/C13H12F2N2O4/c1-8(6-16)20-11(18)7-17-12(19)9-4-2-3-5-10(9)21-13(14)15/h2-5,8,13H,7H2,1H3,(H,17,19)/t8-/m0/s1. The van der Waals surface area contributed by atoms with Crippen LogP contribution in [0.2, 0.25) is 0 Å². The van der Waals surface area contributed by atoms with Gasteiger partial charge in [-0.1, -0.05) is 12.1 Å². The molecule has 0 fully saturated rings. The first-order chi connectivity index (χ1) is 9.93. The van der Waals surface area contributed by atoms with E-state index in [1.165, 1.54) is 31.2 Å². The van der Waals surface area contributed by atoms with Crippen molar-refractivity contribution in [2.75, 3.05) is 6.54 Å². The third-order valence-electron chi connectivity index (χ3n) is 2.23. The molecule has 1 rings (SSSR count). The molecule has 0 aliphatic carbocycles. The molecule has 1 amide bonds. The van der Waals surface area contributed by atoms with Crippen molar-refractivity contribution in [2.24, 2.45) is 0 Å². The van der Waals surface area contributed by atoms with Gasteiger partial charge in [0, 0.05) is 0 Å². The number of rotatable bonds is 6. The molecule has 0 unspecified atom stereocenters. The minimum absolute atomic E-state index is 0.140. The monoisotopic (exact) mass is 298 g/mol. The molecule has 1 N–H and O–H groups in total. The fraction of sp³-hybridized carbons (Fsp3) is 0.308. The van der Waals surface area contributed by atoms with E-state index in [-0.39, 0.29) is 11.3 Å². The van der Waals surface area contributed by atoms with Crippen LogP contribution in [0.1, 0.15) is 17.3 Å². The number of para-hydroxylation sites is 1. The Bertz CT molecular complexity index is 557. The van der Waals surface area contributed by atoms with Crippen LogP contribution in [-0.2, 0) is 9.53 Å². The second-order valence-electron chi connectivity index (χ2n) is 3.82. The number of nitrogens with zero attached hydrogens (tertiary/aromatic N) is 1. The van der Waals surface area contributed by atoms with Gasteiger partial charge < -0.3 is 14.8 Å². The molecule has 0 saturated carbocycles. The van der Waals surface area contributed by atoms with Gasteiger partial charge in [0.2, 0.25) is 0 Å². The maximum Gasteiger partial charge on any atom is 0.387 e. The van der Waals surface area contributed by atoms with Gasteiger partial charge in [0.15, 0.2) is 6.10 Å². The molecule has 0 radical (unpaired) electrons. The van der Waals surface area contributed by atoms with E-state index in [1.807, 2.05) is 0 Å². The molecule has 0 aliphatic heterocycles. The summed E-state index contributed by atoms with van der Waals surface area (Å²) >= 11 is 0. The van der Waals surface area contributed by atoms with E-state index in [2.05, 4.69) is 14.8 Å². The summed E-state index contributed by atoms with van der Waals surface area (Å²) in [6, 6.07) is 7.06. The predicted octanol–water partition coefficient (Wildman–Crippen LogP) is 1.47. The smallest absolute Gasteiger partial charge is 0.387 e. The highest BCUT2D eigenvalue weighted by atomic mass is 19.3. The van der Waals surface area contributed by atoms with Crippen LogP contribution in [0.5, 0.6) is 5.75 Å². The summed E-state index contributed by atoms with van der Waals surface area (Å²) in [5.41, 5.74) is -0.140. The molecule has 1 aromatic rings. The lowest BCUT2D eigenvalue weighted by atomic mass is 10.2. The normalized spacial score (nSPS) is 11.4. The Morgan fingerprint density at radius 2 is 2.05 bits per heavy atom. The molecule has 112 valence electrons. The average Bonchev–Trinajstić information content (AvgIpc) is 2.44. The number of benzene rings is 1. The topological polar surface area (TPSA) is 88.4 Å². The number of nitriles is 1. The van der Waals surface area contributed by atoms with Gasteiger partial charge in [0.05, 0.1) is 5.56 Å². The lowest BCUT2D eigenvalue weighted by molar-refractivity contribution is -0.144. The number of amides is 1. The molecule has 0 heterocycles. The van der Waals surface area contributed by atoms with Crippen molar-refractivity contribution in [1.82, 2.24) is 5.32 Å². The van der Waals surface area contributed by atoms with E-state index in [1.54, 1.807) is 6.07 Å². The quantitative estimate of drug-likeness (QED) is 0.803. The fourth-order valence-electron chi connectivity index (χ4n) is 1.37. The van der Waals surface area contributed by atoms with Crippen LogP contribution in [0.4, 0.5) is 8.78 Å². The van der Waals surface area contributed by atoms with Crippen LogP contribution in [0.25, 0.3) is 0 Å². The highest BCUT2D eigenvalue weighted by molar-refractivity contribution is 5.98. The third kappa shape index (κ3) is 5.44. The minimum Gasteiger partial charge on any atom is -0.446 e. The van der Waals surface area contributed by atoms with E-state index in [4.69, 9.17) is 5.26 Å². The SMILES string of the molecule is C[C@@H](C#N)OC(=O)CNC(=O)c1ccccc1OC(F)F. The lowest BCUT2D eigenvalue weighted by Gasteiger charge is -2.11. The molecular weight excluding hydrogens is 286 g/mol. The molecule has 8 heteroatoms. The summed E-state index contributed by atoms with van der Waals surface area (Å²) in [5.74, 6) is -1.89. The predicted molar refractivity (Wildman–Crippen MR) is 66.6 cm³/mol. The Balaban J connectivity index is 2.64. The van der Waals surface area contributed by atoms with Gasteiger partial charge in [-0.05, 0) is 19.1 Å². The number of ether oxygens (including phenoxy) is 2. The van der Waals surface area contributed by atoms with Crippen LogP contribution in [-0.4, -0.2) is 31.1 Å². The first kappa shape index (κ1) is 16.4. The van der Waals surface area contributed by atoms with Gasteiger partial charge in [0.1, 0.15) is 18.4 Å². The molecule has 21 heavy (non-hydrogen) atoms. The second kappa shape index (κ2) is 7.79. The van der Waals surface area contributed by atoms with E-state index >= 15 is 0 Å². The Labute approximate surface area is 119 Å². The largest absolute Gasteiger partial charge is 0.446 e. The number of nitrogens with one attached hydrogen (secondary N) is 1. The molecule has 0 aromatic heterocycles. The van der Waals surface area contributed by atoms with Gasteiger partial charge in [-0.25, -0.2) is 0 Å². The molecule has 0 aliphatic rings.